The molecule has 19 heavy (non-hydrogen) atoms. The number of benzene rings is 1. The lowest BCUT2D eigenvalue weighted by molar-refractivity contribution is 0.465. The van der Waals surface area contributed by atoms with Gasteiger partial charge >= 0.3 is 0 Å². The van der Waals surface area contributed by atoms with Gasteiger partial charge in [0.2, 0.25) is 0 Å². The third kappa shape index (κ3) is 6.49. The second-order valence-electron chi connectivity index (χ2n) is 5.32. The van der Waals surface area contributed by atoms with Crippen LogP contribution in [0, 0.1) is 13.8 Å². The molecule has 0 aliphatic carbocycles. The van der Waals surface area contributed by atoms with Gasteiger partial charge < -0.3 is 5.32 Å². The molecule has 0 bridgehead atoms. The average molecular weight is 279 g/mol. The van der Waals surface area contributed by atoms with Gasteiger partial charge in [-0.2, -0.15) is 0 Å². The molecule has 1 N–H and O–H groups in total. The Morgan fingerprint density at radius 3 is 2.68 bits per heavy atom. The maximum absolute atomic E-state index is 3.63. The molecule has 0 radical (unpaired) electrons. The highest BCUT2D eigenvalue weighted by atomic mass is 32.2. The van der Waals surface area contributed by atoms with Crippen molar-refractivity contribution in [2.45, 2.75) is 64.3 Å². The van der Waals surface area contributed by atoms with Crippen LogP contribution < -0.4 is 5.32 Å². The van der Waals surface area contributed by atoms with Gasteiger partial charge in [0.05, 0.1) is 0 Å². The molecule has 1 rings (SSSR count). The van der Waals surface area contributed by atoms with Crippen molar-refractivity contribution in [3.63, 3.8) is 0 Å². The van der Waals surface area contributed by atoms with E-state index in [2.05, 4.69) is 51.2 Å². The number of rotatable bonds is 9. The number of thioether (sulfide) groups is 1. The monoisotopic (exact) mass is 279 g/mol. The van der Waals surface area contributed by atoms with E-state index in [9.17, 15) is 0 Å². The summed E-state index contributed by atoms with van der Waals surface area (Å²) < 4.78 is 0. The number of hydrogen-bond donors (Lipinski definition) is 1. The van der Waals surface area contributed by atoms with Crippen molar-refractivity contribution in [2.75, 3.05) is 12.3 Å². The third-order valence-electron chi connectivity index (χ3n) is 3.47. The first-order chi connectivity index (χ1) is 9.17. The SMILES string of the molecule is CCCNC(CC)CCCSc1cc(C)ccc1C. The molecule has 108 valence electrons. The molecular weight excluding hydrogens is 250 g/mol. The molecule has 0 spiro atoms. The van der Waals surface area contributed by atoms with E-state index >= 15 is 0 Å². The molecule has 1 unspecified atom stereocenters. The first kappa shape index (κ1) is 16.6. The van der Waals surface area contributed by atoms with Crippen molar-refractivity contribution < 1.29 is 0 Å². The van der Waals surface area contributed by atoms with Crippen LogP contribution in [-0.2, 0) is 0 Å². The van der Waals surface area contributed by atoms with E-state index in [0.717, 1.165) is 6.54 Å². The molecule has 0 amide bonds. The molecule has 1 aromatic carbocycles. The zero-order chi connectivity index (χ0) is 14.1. The van der Waals surface area contributed by atoms with Gasteiger partial charge in [-0.05, 0) is 63.5 Å². The Hall–Kier alpha value is -0.470. The maximum atomic E-state index is 3.63. The van der Waals surface area contributed by atoms with Gasteiger partial charge in [-0.25, -0.2) is 0 Å². The lowest BCUT2D eigenvalue weighted by Gasteiger charge is -2.16. The van der Waals surface area contributed by atoms with Crippen molar-refractivity contribution >= 4 is 11.8 Å². The fourth-order valence-electron chi connectivity index (χ4n) is 2.17. The fraction of sp³-hybridized carbons (Fsp3) is 0.647. The molecule has 0 aliphatic heterocycles. The highest BCUT2D eigenvalue weighted by Crippen LogP contribution is 2.24. The van der Waals surface area contributed by atoms with Crippen LogP contribution in [0.25, 0.3) is 0 Å². The number of aryl methyl sites for hydroxylation is 2. The van der Waals surface area contributed by atoms with E-state index in [1.807, 2.05) is 11.8 Å². The quantitative estimate of drug-likeness (QED) is 0.507. The maximum Gasteiger partial charge on any atom is 0.0104 e. The second-order valence-corrected chi connectivity index (χ2v) is 6.46. The van der Waals surface area contributed by atoms with Crippen molar-refractivity contribution in [1.29, 1.82) is 0 Å². The van der Waals surface area contributed by atoms with Crippen LogP contribution in [0.5, 0.6) is 0 Å². The second kappa shape index (κ2) is 9.44. The van der Waals surface area contributed by atoms with Crippen LogP contribution in [0.15, 0.2) is 23.1 Å². The number of nitrogens with one attached hydrogen (secondary N) is 1. The summed E-state index contributed by atoms with van der Waals surface area (Å²) in [6.07, 6.45) is 5.07. The topological polar surface area (TPSA) is 12.0 Å². The number of hydrogen-bond acceptors (Lipinski definition) is 2. The summed E-state index contributed by atoms with van der Waals surface area (Å²) in [6.45, 7) is 10.1. The standard InChI is InChI=1S/C17H29NS/c1-5-11-18-16(6-2)8-7-12-19-17-13-14(3)9-10-15(17)4/h9-10,13,16,18H,5-8,11-12H2,1-4H3. The highest BCUT2D eigenvalue weighted by molar-refractivity contribution is 7.99. The Bertz CT molecular complexity index is 362. The lowest BCUT2D eigenvalue weighted by atomic mass is 10.1. The highest BCUT2D eigenvalue weighted by Gasteiger charge is 2.05. The fourth-order valence-corrected chi connectivity index (χ4v) is 3.27. The first-order valence-corrected chi connectivity index (χ1v) is 8.59. The van der Waals surface area contributed by atoms with Gasteiger partial charge in [0.1, 0.15) is 0 Å². The minimum absolute atomic E-state index is 0.708. The predicted octanol–water partition coefficient (Wildman–Crippen LogP) is 4.95. The van der Waals surface area contributed by atoms with Gasteiger partial charge in [0.25, 0.3) is 0 Å². The summed E-state index contributed by atoms with van der Waals surface area (Å²) in [6, 6.07) is 7.45. The lowest BCUT2D eigenvalue weighted by Crippen LogP contribution is -2.29. The van der Waals surface area contributed by atoms with Crippen LogP contribution in [0.2, 0.25) is 0 Å². The van der Waals surface area contributed by atoms with Gasteiger partial charge in [-0.15, -0.1) is 11.8 Å². The van der Waals surface area contributed by atoms with E-state index < -0.39 is 0 Å². The van der Waals surface area contributed by atoms with Crippen LogP contribution in [0.4, 0.5) is 0 Å². The van der Waals surface area contributed by atoms with E-state index in [1.165, 1.54) is 47.5 Å². The third-order valence-corrected chi connectivity index (χ3v) is 4.72. The van der Waals surface area contributed by atoms with Crippen LogP contribution in [-0.4, -0.2) is 18.3 Å². The smallest absolute Gasteiger partial charge is 0.0104 e. The predicted molar refractivity (Wildman–Crippen MR) is 88.2 cm³/mol. The van der Waals surface area contributed by atoms with Gasteiger partial charge in [-0.1, -0.05) is 31.5 Å². The normalized spacial score (nSPS) is 12.6. The Labute approximate surface area is 123 Å². The summed E-state index contributed by atoms with van der Waals surface area (Å²) in [5.41, 5.74) is 2.77. The molecule has 2 heteroatoms. The van der Waals surface area contributed by atoms with Crippen molar-refractivity contribution in [2.24, 2.45) is 0 Å². The molecular formula is C17H29NS. The first-order valence-electron chi connectivity index (χ1n) is 7.60. The van der Waals surface area contributed by atoms with E-state index in [1.54, 1.807) is 0 Å². The minimum atomic E-state index is 0.708. The zero-order valence-corrected chi connectivity index (χ0v) is 13.8. The Morgan fingerprint density at radius 2 is 2.00 bits per heavy atom. The molecule has 0 aromatic heterocycles. The Kier molecular flexibility index (Phi) is 8.24. The summed E-state index contributed by atoms with van der Waals surface area (Å²) in [5, 5.41) is 3.63. The van der Waals surface area contributed by atoms with Crippen LogP contribution in [0.3, 0.4) is 0 Å². The summed E-state index contributed by atoms with van der Waals surface area (Å²) in [7, 11) is 0. The summed E-state index contributed by atoms with van der Waals surface area (Å²) in [4.78, 5) is 1.45. The molecule has 1 atom stereocenters. The van der Waals surface area contributed by atoms with Crippen LogP contribution >= 0.6 is 11.8 Å². The Balaban J connectivity index is 2.27. The largest absolute Gasteiger partial charge is 0.314 e. The molecule has 0 saturated heterocycles. The molecule has 1 aromatic rings. The van der Waals surface area contributed by atoms with Crippen molar-refractivity contribution in [3.05, 3.63) is 29.3 Å². The van der Waals surface area contributed by atoms with Crippen molar-refractivity contribution in [1.82, 2.24) is 5.32 Å². The van der Waals surface area contributed by atoms with E-state index in [4.69, 9.17) is 0 Å². The zero-order valence-electron chi connectivity index (χ0n) is 13.0. The summed E-state index contributed by atoms with van der Waals surface area (Å²) in [5.74, 6) is 1.23. The molecule has 0 saturated carbocycles. The van der Waals surface area contributed by atoms with E-state index in [-0.39, 0.29) is 0 Å². The molecule has 0 aliphatic rings. The molecule has 1 nitrogen and oxygen atoms in total. The Morgan fingerprint density at radius 1 is 1.21 bits per heavy atom. The molecule has 0 fully saturated rings. The summed E-state index contributed by atoms with van der Waals surface area (Å²) >= 11 is 2.01. The van der Waals surface area contributed by atoms with Crippen molar-refractivity contribution in [3.8, 4) is 0 Å². The molecule has 0 heterocycles. The van der Waals surface area contributed by atoms with Gasteiger partial charge in [0.15, 0.2) is 0 Å². The van der Waals surface area contributed by atoms with Gasteiger partial charge in [0, 0.05) is 10.9 Å². The minimum Gasteiger partial charge on any atom is -0.314 e. The van der Waals surface area contributed by atoms with Gasteiger partial charge in [-0.3, -0.25) is 0 Å². The van der Waals surface area contributed by atoms with Crippen LogP contribution in [0.1, 0.15) is 50.7 Å². The van der Waals surface area contributed by atoms with E-state index in [0.29, 0.717) is 6.04 Å². The average Bonchev–Trinajstić information content (AvgIpc) is 2.41.